The molecule has 1 N–H and O–H groups in total. The molecule has 1 aromatic carbocycles. The lowest BCUT2D eigenvalue weighted by atomic mass is 10.1. The lowest BCUT2D eigenvalue weighted by Crippen LogP contribution is -2.01. The molecule has 6 heteroatoms. The number of aliphatic hydroxyl groups excluding tert-OH is 1. The molecule has 1 atom stereocenters. The molecule has 0 saturated heterocycles. The third-order valence-electron chi connectivity index (χ3n) is 1.93. The van der Waals surface area contributed by atoms with E-state index >= 15 is 0 Å². The van der Waals surface area contributed by atoms with E-state index < -0.39 is 17.7 Å². The summed E-state index contributed by atoms with van der Waals surface area (Å²) in [5.74, 6) is 0.00463. The molecule has 0 aromatic heterocycles. The summed E-state index contributed by atoms with van der Waals surface area (Å²) in [6.45, 7) is -0.943. The fraction of sp³-hybridized carbons (Fsp3) is 0.333. The molecule has 0 bridgehead atoms. The molecule has 15 heavy (non-hydrogen) atoms. The van der Waals surface area contributed by atoms with Gasteiger partial charge < -0.3 is 9.84 Å². The third-order valence-corrected chi connectivity index (χ3v) is 1.93. The fourth-order valence-electron chi connectivity index (χ4n) is 1.14. The number of nitrogens with zero attached hydrogens (tertiary/aromatic N) is 1. The highest BCUT2D eigenvalue weighted by Crippen LogP contribution is 2.29. The normalized spacial score (nSPS) is 12.2. The highest BCUT2D eigenvalue weighted by atomic mass is 19.1. The van der Waals surface area contributed by atoms with E-state index in [1.165, 1.54) is 25.3 Å². The van der Waals surface area contributed by atoms with Gasteiger partial charge in [-0.1, -0.05) is 0 Å². The summed E-state index contributed by atoms with van der Waals surface area (Å²) >= 11 is 0. The van der Waals surface area contributed by atoms with Crippen molar-refractivity contribution in [3.63, 3.8) is 0 Å². The van der Waals surface area contributed by atoms with Crippen LogP contribution in [0.25, 0.3) is 0 Å². The Hall–Kier alpha value is -1.69. The van der Waals surface area contributed by atoms with Crippen molar-refractivity contribution in [2.24, 2.45) is 0 Å². The second kappa shape index (κ2) is 4.70. The van der Waals surface area contributed by atoms with Crippen molar-refractivity contribution < 1.29 is 19.2 Å². The molecule has 1 rings (SSSR count). The average molecular weight is 215 g/mol. The summed E-state index contributed by atoms with van der Waals surface area (Å²) in [7, 11) is 1.27. The van der Waals surface area contributed by atoms with Gasteiger partial charge in [0, 0.05) is 6.07 Å². The molecule has 0 aliphatic rings. The van der Waals surface area contributed by atoms with Crippen LogP contribution in [0.5, 0.6) is 5.75 Å². The molecule has 0 aliphatic heterocycles. The van der Waals surface area contributed by atoms with Crippen LogP contribution >= 0.6 is 0 Å². The van der Waals surface area contributed by atoms with Crippen LogP contribution < -0.4 is 4.74 Å². The second-order valence-electron chi connectivity index (χ2n) is 2.86. The summed E-state index contributed by atoms with van der Waals surface area (Å²) in [4.78, 5) is 9.91. The predicted molar refractivity (Wildman–Crippen MR) is 50.6 cm³/mol. The van der Waals surface area contributed by atoms with Crippen LogP contribution in [-0.4, -0.2) is 23.8 Å². The van der Waals surface area contributed by atoms with Crippen LogP contribution in [0.1, 0.15) is 11.7 Å². The summed E-state index contributed by atoms with van der Waals surface area (Å²) < 4.78 is 16.9. The zero-order valence-corrected chi connectivity index (χ0v) is 8.01. The molecular weight excluding hydrogens is 205 g/mol. The number of hydrogen-bond donors (Lipinski definition) is 1. The van der Waals surface area contributed by atoms with Crippen molar-refractivity contribution in [3.8, 4) is 5.75 Å². The lowest BCUT2D eigenvalue weighted by molar-refractivity contribution is -0.385. The number of hydrogen-bond acceptors (Lipinski definition) is 4. The Bertz CT molecular complexity index is 369. The monoisotopic (exact) mass is 215 g/mol. The Labute approximate surface area is 85.3 Å². The van der Waals surface area contributed by atoms with Crippen molar-refractivity contribution >= 4 is 5.69 Å². The topological polar surface area (TPSA) is 72.6 Å². The first-order valence-corrected chi connectivity index (χ1v) is 4.16. The predicted octanol–water partition coefficient (Wildman–Crippen LogP) is 1.61. The zero-order valence-electron chi connectivity index (χ0n) is 8.01. The van der Waals surface area contributed by atoms with Gasteiger partial charge in [-0.3, -0.25) is 10.1 Å². The van der Waals surface area contributed by atoms with Crippen molar-refractivity contribution in [2.75, 3.05) is 13.8 Å². The molecule has 0 fully saturated rings. The van der Waals surface area contributed by atoms with Gasteiger partial charge in [0.25, 0.3) is 0 Å². The maximum atomic E-state index is 12.1. The van der Waals surface area contributed by atoms with Crippen LogP contribution in [0.2, 0.25) is 0 Å². The number of aliphatic hydroxyl groups is 1. The number of rotatable bonds is 4. The smallest absolute Gasteiger partial charge is 0.310 e. The van der Waals surface area contributed by atoms with Crippen LogP contribution in [-0.2, 0) is 0 Å². The van der Waals surface area contributed by atoms with Crippen LogP contribution in [0.3, 0.4) is 0 Å². The molecule has 0 radical (unpaired) electrons. The molecule has 0 saturated carbocycles. The maximum absolute atomic E-state index is 12.1. The number of methoxy groups -OCH3 is 1. The zero-order chi connectivity index (χ0) is 11.4. The van der Waals surface area contributed by atoms with Crippen LogP contribution in [0.15, 0.2) is 18.2 Å². The minimum atomic E-state index is -1.28. The highest BCUT2D eigenvalue weighted by molar-refractivity contribution is 5.48. The standard InChI is InChI=1S/C9H10FNO4/c1-15-9-4-6(8(12)5-10)2-3-7(9)11(13)14/h2-4,8,12H,5H2,1H3. The molecular formula is C9H10FNO4. The third kappa shape index (κ3) is 2.41. The Morgan fingerprint density at radius 3 is 2.80 bits per heavy atom. The summed E-state index contributed by atoms with van der Waals surface area (Å²) in [6, 6.07) is 3.72. The van der Waals surface area contributed by atoms with E-state index in [1.807, 2.05) is 0 Å². The summed E-state index contributed by atoms with van der Waals surface area (Å²) in [6.07, 6.45) is -1.28. The van der Waals surface area contributed by atoms with E-state index in [-0.39, 0.29) is 17.0 Å². The second-order valence-corrected chi connectivity index (χ2v) is 2.86. The molecule has 1 aromatic rings. The van der Waals surface area contributed by atoms with Gasteiger partial charge in [0.1, 0.15) is 12.8 Å². The molecule has 82 valence electrons. The number of benzene rings is 1. The minimum Gasteiger partial charge on any atom is -0.490 e. The van der Waals surface area contributed by atoms with Crippen LogP contribution in [0, 0.1) is 10.1 Å². The molecule has 0 amide bonds. The largest absolute Gasteiger partial charge is 0.490 e. The van der Waals surface area contributed by atoms with Gasteiger partial charge in [-0.2, -0.15) is 0 Å². The van der Waals surface area contributed by atoms with Gasteiger partial charge in [0.05, 0.1) is 12.0 Å². The first-order valence-electron chi connectivity index (χ1n) is 4.16. The summed E-state index contributed by atoms with van der Waals surface area (Å²) in [5, 5.41) is 19.7. The minimum absolute atomic E-state index is 0.00463. The number of nitro benzene ring substituents is 1. The first kappa shape index (κ1) is 11.4. The molecule has 1 unspecified atom stereocenters. The van der Waals surface area contributed by atoms with Crippen molar-refractivity contribution in [1.82, 2.24) is 0 Å². The highest BCUT2D eigenvalue weighted by Gasteiger charge is 2.17. The Kier molecular flexibility index (Phi) is 3.56. The van der Waals surface area contributed by atoms with Gasteiger partial charge in [-0.05, 0) is 17.7 Å². The SMILES string of the molecule is COc1cc(C(O)CF)ccc1[N+](=O)[O-]. The Morgan fingerprint density at radius 1 is 1.67 bits per heavy atom. The average Bonchev–Trinajstić information content (AvgIpc) is 2.26. The first-order chi connectivity index (χ1) is 7.10. The number of nitro groups is 1. The maximum Gasteiger partial charge on any atom is 0.310 e. The van der Waals surface area contributed by atoms with Crippen molar-refractivity contribution in [2.45, 2.75) is 6.10 Å². The van der Waals surface area contributed by atoms with Gasteiger partial charge >= 0.3 is 5.69 Å². The molecule has 5 nitrogen and oxygen atoms in total. The van der Waals surface area contributed by atoms with E-state index in [0.717, 1.165) is 0 Å². The number of ether oxygens (including phenoxy) is 1. The van der Waals surface area contributed by atoms with E-state index in [0.29, 0.717) is 0 Å². The molecule has 0 heterocycles. The van der Waals surface area contributed by atoms with E-state index in [9.17, 15) is 19.6 Å². The Morgan fingerprint density at radius 2 is 2.33 bits per heavy atom. The lowest BCUT2D eigenvalue weighted by Gasteiger charge is -2.08. The van der Waals surface area contributed by atoms with E-state index in [1.54, 1.807) is 0 Å². The number of halogens is 1. The quantitative estimate of drug-likeness (QED) is 0.611. The van der Waals surface area contributed by atoms with E-state index in [4.69, 9.17) is 4.74 Å². The van der Waals surface area contributed by atoms with Gasteiger partial charge in [0.15, 0.2) is 5.75 Å². The van der Waals surface area contributed by atoms with Gasteiger partial charge in [0.2, 0.25) is 0 Å². The molecule has 0 aliphatic carbocycles. The van der Waals surface area contributed by atoms with Crippen molar-refractivity contribution in [1.29, 1.82) is 0 Å². The van der Waals surface area contributed by atoms with Gasteiger partial charge in [-0.25, -0.2) is 4.39 Å². The van der Waals surface area contributed by atoms with E-state index in [2.05, 4.69) is 0 Å². The van der Waals surface area contributed by atoms with Crippen molar-refractivity contribution in [3.05, 3.63) is 33.9 Å². The number of alkyl halides is 1. The molecule has 0 spiro atoms. The van der Waals surface area contributed by atoms with Crippen LogP contribution in [0.4, 0.5) is 10.1 Å². The van der Waals surface area contributed by atoms with Gasteiger partial charge in [-0.15, -0.1) is 0 Å². The fourth-order valence-corrected chi connectivity index (χ4v) is 1.14. The summed E-state index contributed by atoms with van der Waals surface area (Å²) in [5.41, 5.74) is 0.0345. The Balaban J connectivity index is 3.13.